The summed E-state index contributed by atoms with van der Waals surface area (Å²) >= 11 is 0. The molecule has 2 atom stereocenters. The summed E-state index contributed by atoms with van der Waals surface area (Å²) in [4.78, 5) is 27.0. The quantitative estimate of drug-likeness (QED) is 0.341. The molecule has 1 saturated heterocycles. The standard InChI is InChI=1S/C31H34F2N6O3/c1-18-11-36-27(41-3)9-20(18)13-38(23-5-4-8-37(16-23)22-6-7-26(34)35-12-22)14-21-15-39-19(2)17-42-31-28(33)25(32)10-24(29(31)39)30(21)40/h6-7,9-12,15,19,23H,4-5,8,13-14,16-17H2,1-3H3,(H2,34,35). The van der Waals surface area contributed by atoms with Crippen molar-refractivity contribution in [2.75, 3.05) is 37.4 Å². The molecule has 6 rings (SSSR count). The number of ether oxygens (including phenoxy) is 2. The van der Waals surface area contributed by atoms with Crippen molar-refractivity contribution < 1.29 is 18.3 Å². The number of hydrogen-bond acceptors (Lipinski definition) is 8. The number of nitrogens with zero attached hydrogens (tertiary/aromatic N) is 5. The number of methoxy groups -OCH3 is 1. The van der Waals surface area contributed by atoms with Crippen LogP contribution in [0.3, 0.4) is 0 Å². The second-order valence-electron chi connectivity index (χ2n) is 11.2. The van der Waals surface area contributed by atoms with Crippen molar-refractivity contribution >= 4 is 22.4 Å². The van der Waals surface area contributed by atoms with E-state index in [-0.39, 0.29) is 35.3 Å². The number of rotatable bonds is 7. The maximum atomic E-state index is 14.6. The van der Waals surface area contributed by atoms with Gasteiger partial charge >= 0.3 is 0 Å². The summed E-state index contributed by atoms with van der Waals surface area (Å²) in [6, 6.07) is 6.62. The Hall–Kier alpha value is -4.25. The molecule has 0 amide bonds. The third kappa shape index (κ3) is 5.13. The van der Waals surface area contributed by atoms with Crippen LogP contribution in [0, 0.1) is 18.6 Å². The first-order valence-corrected chi connectivity index (χ1v) is 14.1. The summed E-state index contributed by atoms with van der Waals surface area (Å²) in [5, 5.41) is 0.118. The van der Waals surface area contributed by atoms with Crippen LogP contribution in [0.2, 0.25) is 0 Å². The highest BCUT2D eigenvalue weighted by Gasteiger charge is 2.30. The molecule has 1 aromatic carbocycles. The molecule has 220 valence electrons. The molecule has 11 heteroatoms. The Morgan fingerprint density at radius 3 is 2.74 bits per heavy atom. The number of benzene rings is 1. The molecular formula is C31H34F2N6O3. The molecule has 2 aliphatic rings. The molecule has 4 aromatic rings. The predicted octanol–water partition coefficient (Wildman–Crippen LogP) is 4.59. The van der Waals surface area contributed by atoms with E-state index in [0.717, 1.165) is 48.8 Å². The fourth-order valence-corrected chi connectivity index (χ4v) is 6.01. The van der Waals surface area contributed by atoms with Gasteiger partial charge in [0.1, 0.15) is 12.4 Å². The summed E-state index contributed by atoms with van der Waals surface area (Å²) in [5.41, 5.74) is 9.33. The monoisotopic (exact) mass is 576 g/mol. The highest BCUT2D eigenvalue weighted by atomic mass is 19.2. The van der Waals surface area contributed by atoms with Crippen molar-refractivity contribution in [3.8, 4) is 11.6 Å². The number of anilines is 2. The third-order valence-electron chi connectivity index (χ3n) is 8.38. The lowest BCUT2D eigenvalue weighted by atomic mass is 10.00. The molecule has 9 nitrogen and oxygen atoms in total. The van der Waals surface area contributed by atoms with E-state index in [2.05, 4.69) is 19.8 Å². The highest BCUT2D eigenvalue weighted by molar-refractivity contribution is 5.86. The van der Waals surface area contributed by atoms with Gasteiger partial charge in [0.15, 0.2) is 17.0 Å². The first-order valence-electron chi connectivity index (χ1n) is 14.1. The Morgan fingerprint density at radius 1 is 1.17 bits per heavy atom. The van der Waals surface area contributed by atoms with E-state index < -0.39 is 11.6 Å². The third-order valence-corrected chi connectivity index (χ3v) is 8.38. The fraction of sp³-hybridized carbons (Fsp3) is 0.387. The predicted molar refractivity (Wildman–Crippen MR) is 157 cm³/mol. The van der Waals surface area contributed by atoms with Gasteiger partial charge in [-0.2, -0.15) is 4.39 Å². The van der Waals surface area contributed by atoms with Crippen molar-refractivity contribution in [2.24, 2.45) is 0 Å². The molecule has 2 N–H and O–H groups in total. The van der Waals surface area contributed by atoms with Gasteiger partial charge in [-0.15, -0.1) is 0 Å². The fourth-order valence-electron chi connectivity index (χ4n) is 6.01. The smallest absolute Gasteiger partial charge is 0.213 e. The molecule has 0 spiro atoms. The van der Waals surface area contributed by atoms with Gasteiger partial charge in [-0.05, 0) is 56.0 Å². The normalized spacial score (nSPS) is 18.4. The van der Waals surface area contributed by atoms with E-state index in [9.17, 15) is 13.6 Å². The minimum atomic E-state index is -1.09. The number of piperidine rings is 1. The highest BCUT2D eigenvalue weighted by Crippen LogP contribution is 2.36. The van der Waals surface area contributed by atoms with Gasteiger partial charge in [-0.1, -0.05) is 0 Å². The Balaban J connectivity index is 1.41. The number of pyridine rings is 3. The van der Waals surface area contributed by atoms with Gasteiger partial charge in [-0.25, -0.2) is 14.4 Å². The zero-order valence-corrected chi connectivity index (χ0v) is 23.9. The largest absolute Gasteiger partial charge is 0.486 e. The van der Waals surface area contributed by atoms with Crippen LogP contribution in [0.5, 0.6) is 11.6 Å². The first-order chi connectivity index (χ1) is 20.2. The molecule has 3 aromatic heterocycles. The van der Waals surface area contributed by atoms with Crippen LogP contribution in [0.1, 0.15) is 42.5 Å². The lowest BCUT2D eigenvalue weighted by Crippen LogP contribution is -2.48. The molecule has 42 heavy (non-hydrogen) atoms. The van der Waals surface area contributed by atoms with Crippen molar-refractivity contribution in [2.45, 2.75) is 51.9 Å². The Labute approximate surface area is 242 Å². The Morgan fingerprint density at radius 2 is 1.98 bits per heavy atom. The van der Waals surface area contributed by atoms with Crippen LogP contribution in [0.25, 0.3) is 10.9 Å². The SMILES string of the molecule is COc1cc(CN(Cc2cn3c4c(c(F)c(F)cc4c2=O)OCC3C)C2CCCN(c3ccc(N)nc3)C2)c(C)cn1. The average molecular weight is 577 g/mol. The molecule has 2 unspecified atom stereocenters. The zero-order chi connectivity index (χ0) is 29.5. The zero-order valence-electron chi connectivity index (χ0n) is 23.9. The molecule has 5 heterocycles. The lowest BCUT2D eigenvalue weighted by molar-refractivity contribution is 0.157. The first kappa shape index (κ1) is 27.9. The molecule has 0 bridgehead atoms. The molecule has 0 saturated carbocycles. The van der Waals surface area contributed by atoms with Crippen LogP contribution in [-0.2, 0) is 13.1 Å². The van der Waals surface area contributed by atoms with Crippen LogP contribution in [0.4, 0.5) is 20.3 Å². The van der Waals surface area contributed by atoms with E-state index in [1.54, 1.807) is 31.8 Å². The van der Waals surface area contributed by atoms with Gasteiger partial charge < -0.3 is 24.7 Å². The van der Waals surface area contributed by atoms with Gasteiger partial charge in [0.25, 0.3) is 0 Å². The Kier molecular flexibility index (Phi) is 7.44. The van der Waals surface area contributed by atoms with E-state index in [1.165, 1.54) is 0 Å². The number of aryl methyl sites for hydroxylation is 1. The summed E-state index contributed by atoms with van der Waals surface area (Å²) in [6.45, 7) is 6.58. The maximum absolute atomic E-state index is 14.6. The Bertz CT molecular complexity index is 1690. The second-order valence-corrected chi connectivity index (χ2v) is 11.2. The van der Waals surface area contributed by atoms with E-state index >= 15 is 0 Å². The van der Waals surface area contributed by atoms with Gasteiger partial charge in [-0.3, -0.25) is 9.69 Å². The van der Waals surface area contributed by atoms with Gasteiger partial charge in [0.05, 0.1) is 35.9 Å². The van der Waals surface area contributed by atoms with Crippen LogP contribution < -0.4 is 25.5 Å². The van der Waals surface area contributed by atoms with Crippen LogP contribution in [-0.4, -0.2) is 52.3 Å². The van der Waals surface area contributed by atoms with Crippen molar-refractivity contribution in [1.29, 1.82) is 0 Å². The summed E-state index contributed by atoms with van der Waals surface area (Å²) in [5.74, 6) is -1.38. The molecular weight excluding hydrogens is 542 g/mol. The van der Waals surface area contributed by atoms with E-state index in [4.69, 9.17) is 15.2 Å². The number of nitrogen functional groups attached to an aromatic ring is 1. The number of halogens is 2. The number of hydrogen-bond donors (Lipinski definition) is 1. The van der Waals surface area contributed by atoms with E-state index in [1.807, 2.05) is 30.5 Å². The average Bonchev–Trinajstić information content (AvgIpc) is 2.99. The number of aromatic nitrogens is 3. The minimum Gasteiger partial charge on any atom is -0.486 e. The van der Waals surface area contributed by atoms with Gasteiger partial charge in [0.2, 0.25) is 11.7 Å². The second kappa shape index (κ2) is 11.2. The maximum Gasteiger partial charge on any atom is 0.213 e. The van der Waals surface area contributed by atoms with E-state index in [0.29, 0.717) is 35.9 Å². The molecule has 2 aliphatic heterocycles. The number of nitrogens with two attached hydrogens (primary N) is 1. The van der Waals surface area contributed by atoms with Gasteiger partial charge in [0, 0.05) is 56.2 Å². The minimum absolute atomic E-state index is 0.0904. The molecule has 0 aliphatic carbocycles. The summed E-state index contributed by atoms with van der Waals surface area (Å²) < 4.78 is 42.0. The summed E-state index contributed by atoms with van der Waals surface area (Å²) in [7, 11) is 1.58. The van der Waals surface area contributed by atoms with Crippen molar-refractivity contribution in [3.63, 3.8) is 0 Å². The summed E-state index contributed by atoms with van der Waals surface area (Å²) in [6.07, 6.45) is 7.24. The van der Waals surface area contributed by atoms with Crippen LogP contribution in [0.15, 0.2) is 47.7 Å². The van der Waals surface area contributed by atoms with Crippen molar-refractivity contribution in [3.05, 3.63) is 81.4 Å². The lowest BCUT2D eigenvalue weighted by Gasteiger charge is -2.40. The molecule has 0 radical (unpaired) electrons. The molecule has 1 fully saturated rings. The van der Waals surface area contributed by atoms with Crippen molar-refractivity contribution in [1.82, 2.24) is 19.4 Å². The van der Waals surface area contributed by atoms with Crippen LogP contribution >= 0.6 is 0 Å². The topological polar surface area (TPSA) is 98.7 Å².